The number of benzene rings is 2. The van der Waals surface area contributed by atoms with Crippen LogP contribution in [0.25, 0.3) is 5.57 Å². The van der Waals surface area contributed by atoms with Crippen LogP contribution in [0.3, 0.4) is 0 Å². The highest BCUT2D eigenvalue weighted by atomic mass is 35.5. The average Bonchev–Trinajstić information content (AvgIpc) is 3.29. The maximum absolute atomic E-state index is 13.4. The van der Waals surface area contributed by atoms with Crippen molar-refractivity contribution < 1.29 is 14.3 Å². The lowest BCUT2D eigenvalue weighted by Crippen LogP contribution is -2.27. The lowest BCUT2D eigenvalue weighted by Gasteiger charge is -2.27. The van der Waals surface area contributed by atoms with Gasteiger partial charge in [-0.25, -0.2) is 10.0 Å². The fourth-order valence-electron chi connectivity index (χ4n) is 4.71. The highest BCUT2D eigenvalue weighted by Crippen LogP contribution is 2.42. The number of methoxy groups -OCH3 is 1. The van der Waals surface area contributed by atoms with Crippen molar-refractivity contribution in [3.8, 4) is 5.75 Å². The van der Waals surface area contributed by atoms with E-state index in [1.54, 1.807) is 19.3 Å². The van der Waals surface area contributed by atoms with Crippen LogP contribution in [0, 0.1) is 5.92 Å². The molecule has 2 aromatic carbocycles. The zero-order chi connectivity index (χ0) is 23.8. The largest absolute Gasteiger partial charge is 0.496 e. The van der Waals surface area contributed by atoms with Gasteiger partial charge >= 0.3 is 0 Å². The topological polar surface area (TPSA) is 71.3 Å². The molecule has 3 aliphatic rings. The van der Waals surface area contributed by atoms with Gasteiger partial charge in [0.15, 0.2) is 0 Å². The molecular weight excluding hydrogens is 450 g/mol. The van der Waals surface area contributed by atoms with E-state index < -0.39 is 6.04 Å². The second kappa shape index (κ2) is 8.88. The van der Waals surface area contributed by atoms with E-state index in [4.69, 9.17) is 16.3 Å². The fraction of sp³-hybridized carbons (Fsp3) is 0.185. The van der Waals surface area contributed by atoms with Crippen molar-refractivity contribution in [2.75, 3.05) is 7.11 Å². The van der Waals surface area contributed by atoms with Gasteiger partial charge in [-0.15, -0.1) is 0 Å². The smallest absolute Gasteiger partial charge is 0.279 e. The second-order valence-electron chi connectivity index (χ2n) is 8.23. The molecular formula is C27H22ClN3O3. The van der Waals surface area contributed by atoms with Crippen LogP contribution in [0.2, 0.25) is 0 Å². The Bertz CT molecular complexity index is 1340. The van der Waals surface area contributed by atoms with E-state index >= 15 is 0 Å². The predicted molar refractivity (Wildman–Crippen MR) is 133 cm³/mol. The molecule has 6 nitrogen and oxygen atoms in total. The lowest BCUT2D eigenvalue weighted by atomic mass is 9.79. The molecule has 2 aromatic rings. The van der Waals surface area contributed by atoms with Gasteiger partial charge in [-0.1, -0.05) is 66.2 Å². The normalized spacial score (nSPS) is 21.7. The Morgan fingerprint density at radius 3 is 2.56 bits per heavy atom. The summed E-state index contributed by atoms with van der Waals surface area (Å²) in [6, 6.07) is 16.8. The molecule has 2 heterocycles. The van der Waals surface area contributed by atoms with Crippen LogP contribution in [0.4, 0.5) is 0 Å². The van der Waals surface area contributed by atoms with Gasteiger partial charge in [0.2, 0.25) is 5.91 Å². The Hall–Kier alpha value is -3.77. The maximum atomic E-state index is 13.4. The van der Waals surface area contributed by atoms with Gasteiger partial charge in [0.1, 0.15) is 5.75 Å². The minimum atomic E-state index is -0.392. The van der Waals surface area contributed by atoms with E-state index in [2.05, 4.69) is 10.1 Å². The summed E-state index contributed by atoms with van der Waals surface area (Å²) in [4.78, 5) is 30.3. The predicted octanol–water partition coefficient (Wildman–Crippen LogP) is 5.09. The van der Waals surface area contributed by atoms with E-state index in [-0.39, 0.29) is 17.7 Å². The third-order valence-corrected chi connectivity index (χ3v) is 6.44. The molecule has 0 bridgehead atoms. The van der Waals surface area contributed by atoms with E-state index in [1.807, 2.05) is 60.7 Å². The summed E-state index contributed by atoms with van der Waals surface area (Å²) in [7, 11) is 1.59. The average molecular weight is 472 g/mol. The number of dihydropyridines is 1. The minimum Gasteiger partial charge on any atom is -0.496 e. The number of amides is 2. The van der Waals surface area contributed by atoms with Crippen LogP contribution in [0.5, 0.6) is 5.75 Å². The van der Waals surface area contributed by atoms with Crippen molar-refractivity contribution in [1.82, 2.24) is 5.01 Å². The van der Waals surface area contributed by atoms with Crippen molar-refractivity contribution in [2.24, 2.45) is 16.0 Å². The van der Waals surface area contributed by atoms with Crippen LogP contribution in [0.1, 0.15) is 30.5 Å². The van der Waals surface area contributed by atoms with Crippen molar-refractivity contribution >= 4 is 40.4 Å². The van der Waals surface area contributed by atoms with E-state index in [1.165, 1.54) is 11.9 Å². The van der Waals surface area contributed by atoms with Gasteiger partial charge < -0.3 is 4.74 Å². The number of hydrogen-bond donors (Lipinski definition) is 0. The molecule has 2 aliphatic heterocycles. The third kappa shape index (κ3) is 3.80. The number of aliphatic imine (C=N–C) groups is 1. The zero-order valence-corrected chi connectivity index (χ0v) is 19.5. The first-order valence-corrected chi connectivity index (χ1v) is 11.3. The van der Waals surface area contributed by atoms with Crippen LogP contribution in [0.15, 0.2) is 93.5 Å². The Morgan fingerprint density at radius 1 is 1.09 bits per heavy atom. The summed E-state index contributed by atoms with van der Waals surface area (Å²) in [6.07, 6.45) is 5.77. The molecule has 2 amide bonds. The number of carbonyl (C=O) groups is 2. The first kappa shape index (κ1) is 22.0. The van der Waals surface area contributed by atoms with Crippen molar-refractivity contribution in [3.05, 3.63) is 94.6 Å². The molecule has 1 aliphatic carbocycles. The molecule has 0 N–H and O–H groups in total. The number of nitrogens with zero attached hydrogens (tertiary/aromatic N) is 3. The molecule has 0 aromatic heterocycles. The standard InChI is InChI=1S/C27H22ClN3O3/c1-16(32)31-23(19-10-6-7-11-24(19)34-2)15-22(30-31)26-25(17-8-4-3-5-9-17)20-14-18(28)12-13-21(20)29-27(26)33/h3-14,20,23H,15H2,1-2H3. The minimum absolute atomic E-state index is 0.219. The van der Waals surface area contributed by atoms with Crippen molar-refractivity contribution in [3.63, 3.8) is 0 Å². The third-order valence-electron chi connectivity index (χ3n) is 6.19. The van der Waals surface area contributed by atoms with Crippen LogP contribution >= 0.6 is 11.6 Å². The van der Waals surface area contributed by atoms with E-state index in [0.29, 0.717) is 34.2 Å². The second-order valence-corrected chi connectivity index (χ2v) is 8.67. The monoisotopic (exact) mass is 471 g/mol. The fourth-order valence-corrected chi connectivity index (χ4v) is 4.90. The number of ether oxygens (including phenoxy) is 1. The van der Waals surface area contributed by atoms with Gasteiger partial charge in [-0.3, -0.25) is 9.59 Å². The molecule has 7 heteroatoms. The van der Waals surface area contributed by atoms with Crippen molar-refractivity contribution in [1.29, 1.82) is 0 Å². The van der Waals surface area contributed by atoms with E-state index in [0.717, 1.165) is 16.7 Å². The van der Waals surface area contributed by atoms with Gasteiger partial charge in [-0.2, -0.15) is 5.10 Å². The van der Waals surface area contributed by atoms with E-state index in [9.17, 15) is 9.59 Å². The Kier molecular flexibility index (Phi) is 5.75. The summed E-state index contributed by atoms with van der Waals surface area (Å²) >= 11 is 6.35. The SMILES string of the molecule is COc1ccccc1C1CC(C2=C(c3ccccc3)C3C=C(Cl)C=CC3=NC2=O)=NN1C(C)=O. The van der Waals surface area contributed by atoms with Crippen LogP contribution < -0.4 is 4.74 Å². The van der Waals surface area contributed by atoms with Gasteiger partial charge in [-0.05, 0) is 29.4 Å². The molecule has 0 spiro atoms. The van der Waals surface area contributed by atoms with Gasteiger partial charge in [0.05, 0.1) is 30.1 Å². The number of fused-ring (bicyclic) bond motifs is 1. The number of halogens is 1. The van der Waals surface area contributed by atoms with Gasteiger partial charge in [0, 0.05) is 29.9 Å². The molecule has 2 unspecified atom stereocenters. The molecule has 34 heavy (non-hydrogen) atoms. The summed E-state index contributed by atoms with van der Waals surface area (Å²) in [5, 5.41) is 6.66. The first-order valence-electron chi connectivity index (χ1n) is 11.0. The molecule has 2 atom stereocenters. The molecule has 170 valence electrons. The Labute approximate surface area is 202 Å². The number of carbonyl (C=O) groups excluding carboxylic acids is 2. The zero-order valence-electron chi connectivity index (χ0n) is 18.7. The number of hydrazone groups is 1. The maximum Gasteiger partial charge on any atom is 0.279 e. The highest BCUT2D eigenvalue weighted by Gasteiger charge is 2.40. The molecule has 0 saturated heterocycles. The summed E-state index contributed by atoms with van der Waals surface area (Å²) in [5.74, 6) is -0.214. The molecule has 0 saturated carbocycles. The highest BCUT2D eigenvalue weighted by molar-refractivity contribution is 6.36. The van der Waals surface area contributed by atoms with Gasteiger partial charge in [0.25, 0.3) is 5.91 Å². The number of hydrogen-bond acceptors (Lipinski definition) is 4. The Morgan fingerprint density at radius 2 is 1.82 bits per heavy atom. The van der Waals surface area contributed by atoms with Crippen LogP contribution in [-0.2, 0) is 9.59 Å². The van der Waals surface area contributed by atoms with Crippen molar-refractivity contribution in [2.45, 2.75) is 19.4 Å². The van der Waals surface area contributed by atoms with Crippen LogP contribution in [-0.4, -0.2) is 35.4 Å². The first-order chi connectivity index (χ1) is 16.5. The number of allylic oxidation sites excluding steroid dienone is 5. The number of rotatable bonds is 4. The lowest BCUT2D eigenvalue weighted by molar-refractivity contribution is -0.130. The quantitative estimate of drug-likeness (QED) is 0.623. The summed E-state index contributed by atoms with van der Waals surface area (Å²) in [5.41, 5.74) is 4.09. The summed E-state index contributed by atoms with van der Waals surface area (Å²) in [6.45, 7) is 1.47. The summed E-state index contributed by atoms with van der Waals surface area (Å²) < 4.78 is 5.54. The number of para-hydroxylation sites is 1. The molecule has 5 rings (SSSR count). The molecule has 0 radical (unpaired) electrons. The molecule has 0 fully saturated rings. The Balaban J connectivity index is 1.67.